The summed E-state index contributed by atoms with van der Waals surface area (Å²) in [5.74, 6) is -0.474. The second kappa shape index (κ2) is 7.59. The molecule has 0 aliphatic rings. The maximum absolute atomic E-state index is 12.6. The van der Waals surface area contributed by atoms with Gasteiger partial charge in [-0.25, -0.2) is 4.79 Å². The first-order chi connectivity index (χ1) is 12.6. The Hall–Kier alpha value is -2.84. The number of carbonyl (C=O) groups excluding carboxylic acids is 1. The summed E-state index contributed by atoms with van der Waals surface area (Å²) in [4.78, 5) is 12.6. The van der Waals surface area contributed by atoms with Gasteiger partial charge < -0.3 is 4.74 Å². The van der Waals surface area contributed by atoms with E-state index in [2.05, 4.69) is 6.58 Å². The quantitative estimate of drug-likeness (QED) is 0.328. The van der Waals surface area contributed by atoms with E-state index in [-0.39, 0.29) is 0 Å². The molecule has 0 spiro atoms. The van der Waals surface area contributed by atoms with Crippen molar-refractivity contribution in [3.05, 3.63) is 119 Å². The molecule has 0 unspecified atom stereocenters. The van der Waals surface area contributed by atoms with Crippen LogP contribution in [0.3, 0.4) is 0 Å². The molecule has 0 amide bonds. The minimum Gasteiger partial charge on any atom is -0.441 e. The molecule has 26 heavy (non-hydrogen) atoms. The van der Waals surface area contributed by atoms with E-state index < -0.39 is 11.6 Å². The predicted octanol–water partition coefficient (Wildman–Crippen LogP) is 5.75. The lowest BCUT2D eigenvalue weighted by Gasteiger charge is -2.36. The first kappa shape index (κ1) is 18.0. The van der Waals surface area contributed by atoms with E-state index in [4.69, 9.17) is 16.3 Å². The number of ether oxygens (including phenoxy) is 1. The van der Waals surface area contributed by atoms with E-state index in [0.29, 0.717) is 16.2 Å². The van der Waals surface area contributed by atoms with Crippen molar-refractivity contribution in [2.24, 2.45) is 0 Å². The summed E-state index contributed by atoms with van der Waals surface area (Å²) >= 11 is 6.56. The largest absolute Gasteiger partial charge is 0.441 e. The van der Waals surface area contributed by atoms with Crippen molar-refractivity contribution in [3.8, 4) is 0 Å². The number of rotatable bonds is 5. The van der Waals surface area contributed by atoms with E-state index in [0.717, 1.165) is 11.1 Å². The SMILES string of the molecule is C=C(C)C(=O)OC(c1ccccc1)(c1ccccc1)c1ccccc1Cl. The van der Waals surface area contributed by atoms with Crippen LogP contribution < -0.4 is 0 Å². The third-order valence-corrected chi connectivity index (χ3v) is 4.54. The van der Waals surface area contributed by atoms with E-state index in [1.165, 1.54) is 0 Å². The van der Waals surface area contributed by atoms with Gasteiger partial charge in [0, 0.05) is 27.3 Å². The van der Waals surface area contributed by atoms with Gasteiger partial charge in [-0.05, 0) is 13.0 Å². The Labute approximate surface area is 158 Å². The smallest absolute Gasteiger partial charge is 0.334 e. The highest BCUT2D eigenvalue weighted by atomic mass is 35.5. The van der Waals surface area contributed by atoms with Gasteiger partial charge in [-0.2, -0.15) is 0 Å². The third-order valence-electron chi connectivity index (χ3n) is 4.21. The van der Waals surface area contributed by atoms with Crippen LogP contribution in [0.2, 0.25) is 5.02 Å². The number of hydrogen-bond donors (Lipinski definition) is 0. The maximum Gasteiger partial charge on any atom is 0.334 e. The molecule has 0 bridgehead atoms. The summed E-state index contributed by atoms with van der Waals surface area (Å²) in [6.07, 6.45) is 0. The molecule has 0 radical (unpaired) electrons. The lowest BCUT2D eigenvalue weighted by Crippen LogP contribution is -2.35. The molecule has 3 aromatic rings. The summed E-state index contributed by atoms with van der Waals surface area (Å²) in [5.41, 5.74) is 1.49. The molecule has 0 aliphatic heterocycles. The molecule has 3 rings (SSSR count). The van der Waals surface area contributed by atoms with Crippen LogP contribution in [-0.4, -0.2) is 5.97 Å². The van der Waals surface area contributed by atoms with Gasteiger partial charge in [-0.1, -0.05) is 97.0 Å². The zero-order valence-electron chi connectivity index (χ0n) is 14.5. The number of hydrogen-bond acceptors (Lipinski definition) is 2. The third kappa shape index (κ3) is 3.29. The van der Waals surface area contributed by atoms with Gasteiger partial charge in [0.1, 0.15) is 0 Å². The van der Waals surface area contributed by atoms with Crippen molar-refractivity contribution in [1.29, 1.82) is 0 Å². The van der Waals surface area contributed by atoms with Crippen LogP contribution in [0.4, 0.5) is 0 Å². The number of halogens is 1. The minimum absolute atomic E-state index is 0.327. The van der Waals surface area contributed by atoms with Crippen molar-refractivity contribution in [1.82, 2.24) is 0 Å². The molecular formula is C23H19ClO2. The zero-order valence-corrected chi connectivity index (χ0v) is 15.2. The summed E-state index contributed by atoms with van der Waals surface area (Å²) in [5, 5.41) is 0.523. The Bertz CT molecular complexity index is 878. The first-order valence-electron chi connectivity index (χ1n) is 8.30. The van der Waals surface area contributed by atoms with Gasteiger partial charge in [0.15, 0.2) is 5.60 Å². The molecule has 130 valence electrons. The molecule has 0 aliphatic carbocycles. The van der Waals surface area contributed by atoms with Crippen molar-refractivity contribution < 1.29 is 9.53 Å². The molecule has 0 saturated heterocycles. The molecule has 3 aromatic carbocycles. The van der Waals surface area contributed by atoms with Crippen molar-refractivity contribution >= 4 is 17.6 Å². The average Bonchev–Trinajstić information content (AvgIpc) is 2.68. The fourth-order valence-corrected chi connectivity index (χ4v) is 3.24. The number of carbonyl (C=O) groups is 1. The van der Waals surface area contributed by atoms with Gasteiger partial charge in [0.05, 0.1) is 0 Å². The number of esters is 1. The fraction of sp³-hybridized carbons (Fsp3) is 0.0870. The Morgan fingerprint density at radius 2 is 1.31 bits per heavy atom. The first-order valence-corrected chi connectivity index (χ1v) is 8.68. The molecule has 0 heterocycles. The highest BCUT2D eigenvalue weighted by Gasteiger charge is 2.42. The standard InChI is InChI=1S/C23H19ClO2/c1-17(2)22(25)26-23(18-11-5-3-6-12-18,19-13-7-4-8-14-19)20-15-9-10-16-21(20)24/h3-16H,1H2,2H3. The summed E-state index contributed by atoms with van der Waals surface area (Å²) < 4.78 is 6.12. The Morgan fingerprint density at radius 1 is 0.846 bits per heavy atom. The maximum atomic E-state index is 12.6. The van der Waals surface area contributed by atoms with Crippen LogP contribution in [-0.2, 0) is 15.1 Å². The highest BCUT2D eigenvalue weighted by molar-refractivity contribution is 6.31. The molecule has 0 saturated carbocycles. The van der Waals surface area contributed by atoms with Crippen LogP contribution in [0.5, 0.6) is 0 Å². The summed E-state index contributed by atoms with van der Waals surface area (Å²) in [6, 6.07) is 26.7. The zero-order chi connectivity index (χ0) is 18.6. The molecular weight excluding hydrogens is 344 g/mol. The topological polar surface area (TPSA) is 26.3 Å². The molecule has 0 atom stereocenters. The fourth-order valence-electron chi connectivity index (χ4n) is 2.97. The van der Waals surface area contributed by atoms with Crippen molar-refractivity contribution in [3.63, 3.8) is 0 Å². The second-order valence-corrected chi connectivity index (χ2v) is 6.47. The molecule has 2 nitrogen and oxygen atoms in total. The van der Waals surface area contributed by atoms with Crippen LogP contribution in [0, 0.1) is 0 Å². The second-order valence-electron chi connectivity index (χ2n) is 6.06. The lowest BCUT2D eigenvalue weighted by molar-refractivity contribution is -0.148. The highest BCUT2D eigenvalue weighted by Crippen LogP contribution is 2.43. The monoisotopic (exact) mass is 362 g/mol. The lowest BCUT2D eigenvalue weighted by atomic mass is 9.80. The summed E-state index contributed by atoms with van der Waals surface area (Å²) in [7, 11) is 0. The van der Waals surface area contributed by atoms with E-state index in [1.807, 2.05) is 78.9 Å². The van der Waals surface area contributed by atoms with Gasteiger partial charge >= 0.3 is 5.97 Å². The molecule has 0 N–H and O–H groups in total. The summed E-state index contributed by atoms with van der Waals surface area (Å²) in [6.45, 7) is 5.37. The van der Waals surface area contributed by atoms with Gasteiger partial charge in [-0.15, -0.1) is 0 Å². The van der Waals surface area contributed by atoms with Crippen LogP contribution in [0.25, 0.3) is 0 Å². The van der Waals surface area contributed by atoms with Gasteiger partial charge in [-0.3, -0.25) is 0 Å². The van der Waals surface area contributed by atoms with Crippen LogP contribution >= 0.6 is 11.6 Å². The Balaban J connectivity index is 2.37. The molecule has 0 fully saturated rings. The van der Waals surface area contributed by atoms with E-state index in [9.17, 15) is 4.79 Å². The normalized spacial score (nSPS) is 11.0. The van der Waals surface area contributed by atoms with Crippen molar-refractivity contribution in [2.75, 3.05) is 0 Å². The van der Waals surface area contributed by atoms with Gasteiger partial charge in [0.2, 0.25) is 0 Å². The number of benzene rings is 3. The van der Waals surface area contributed by atoms with Crippen molar-refractivity contribution in [2.45, 2.75) is 12.5 Å². The average molecular weight is 363 g/mol. The van der Waals surface area contributed by atoms with Crippen LogP contribution in [0.15, 0.2) is 97.1 Å². The minimum atomic E-state index is -1.17. The Morgan fingerprint density at radius 3 is 1.77 bits per heavy atom. The molecule has 3 heteroatoms. The van der Waals surface area contributed by atoms with Gasteiger partial charge in [0.25, 0.3) is 0 Å². The molecule has 0 aromatic heterocycles. The predicted molar refractivity (Wildman–Crippen MR) is 105 cm³/mol. The Kier molecular flexibility index (Phi) is 5.24. The van der Waals surface area contributed by atoms with E-state index in [1.54, 1.807) is 13.0 Å². The van der Waals surface area contributed by atoms with E-state index >= 15 is 0 Å². The van der Waals surface area contributed by atoms with Crippen LogP contribution in [0.1, 0.15) is 23.6 Å².